The molecular formula is C24H24N2O3. The Bertz CT molecular complexity index is 1180. The number of ether oxygens (including phenoxy) is 1. The number of anilines is 1. The molecule has 4 rings (SSSR count). The smallest absolute Gasteiger partial charge is 0.319 e. The lowest BCUT2D eigenvalue weighted by atomic mass is 9.93. The van der Waals surface area contributed by atoms with Crippen LogP contribution in [0, 0.1) is 5.92 Å². The molecule has 0 radical (unpaired) electrons. The zero-order valence-electron chi connectivity index (χ0n) is 16.6. The predicted octanol–water partition coefficient (Wildman–Crippen LogP) is 5.29. The second-order valence-corrected chi connectivity index (χ2v) is 7.33. The van der Waals surface area contributed by atoms with Gasteiger partial charge < -0.3 is 15.4 Å². The number of urea groups is 1. The monoisotopic (exact) mass is 388 g/mol. The van der Waals surface area contributed by atoms with Crippen molar-refractivity contribution in [2.75, 3.05) is 18.5 Å². The number of esters is 1. The summed E-state index contributed by atoms with van der Waals surface area (Å²) < 4.78 is 5.17. The quantitative estimate of drug-likeness (QED) is 0.268. The van der Waals surface area contributed by atoms with E-state index >= 15 is 0 Å². The molecule has 0 aliphatic heterocycles. The first-order valence-corrected chi connectivity index (χ1v) is 9.96. The SMILES string of the molecule is CCC(C)C(=O)OCCNC(=O)Nc1cc2cccc3ccc4cccc1c4c32. The van der Waals surface area contributed by atoms with Crippen LogP contribution in [0.4, 0.5) is 10.5 Å². The molecule has 4 aromatic rings. The maximum atomic E-state index is 12.4. The minimum Gasteiger partial charge on any atom is -0.464 e. The van der Waals surface area contributed by atoms with Crippen molar-refractivity contribution in [1.82, 2.24) is 5.32 Å². The van der Waals surface area contributed by atoms with E-state index in [1.54, 1.807) is 0 Å². The van der Waals surface area contributed by atoms with Crippen molar-refractivity contribution in [3.8, 4) is 0 Å². The van der Waals surface area contributed by atoms with Gasteiger partial charge in [-0.05, 0) is 39.4 Å². The van der Waals surface area contributed by atoms with Crippen LogP contribution in [0.2, 0.25) is 0 Å². The molecule has 1 atom stereocenters. The number of nitrogens with one attached hydrogen (secondary N) is 2. The van der Waals surface area contributed by atoms with Gasteiger partial charge in [-0.2, -0.15) is 0 Å². The Labute approximate surface area is 169 Å². The molecule has 0 spiro atoms. The van der Waals surface area contributed by atoms with E-state index < -0.39 is 0 Å². The second kappa shape index (κ2) is 7.95. The third-order valence-electron chi connectivity index (χ3n) is 5.40. The molecule has 1 unspecified atom stereocenters. The molecule has 4 aromatic carbocycles. The van der Waals surface area contributed by atoms with E-state index in [1.807, 2.05) is 38.1 Å². The zero-order valence-corrected chi connectivity index (χ0v) is 16.6. The number of rotatable bonds is 6. The number of hydrogen-bond acceptors (Lipinski definition) is 3. The number of carbonyl (C=O) groups is 2. The predicted molar refractivity (Wildman–Crippen MR) is 118 cm³/mol. The van der Waals surface area contributed by atoms with E-state index in [9.17, 15) is 9.59 Å². The summed E-state index contributed by atoms with van der Waals surface area (Å²) in [5, 5.41) is 12.5. The lowest BCUT2D eigenvalue weighted by Crippen LogP contribution is -2.32. The largest absolute Gasteiger partial charge is 0.464 e. The van der Waals surface area contributed by atoms with Gasteiger partial charge in [0.05, 0.1) is 18.2 Å². The van der Waals surface area contributed by atoms with Crippen molar-refractivity contribution >= 4 is 50.0 Å². The fraction of sp³-hybridized carbons (Fsp3) is 0.250. The molecule has 0 bridgehead atoms. The van der Waals surface area contributed by atoms with Crippen molar-refractivity contribution in [1.29, 1.82) is 0 Å². The summed E-state index contributed by atoms with van der Waals surface area (Å²) in [6, 6.07) is 18.2. The van der Waals surface area contributed by atoms with Gasteiger partial charge in [-0.1, -0.05) is 62.4 Å². The van der Waals surface area contributed by atoms with Gasteiger partial charge in [0.2, 0.25) is 0 Å². The van der Waals surface area contributed by atoms with Gasteiger partial charge in [-0.3, -0.25) is 4.79 Å². The van der Waals surface area contributed by atoms with E-state index in [0.29, 0.717) is 0 Å². The van der Waals surface area contributed by atoms with E-state index in [1.165, 1.54) is 10.8 Å². The molecule has 0 aromatic heterocycles. The van der Waals surface area contributed by atoms with Gasteiger partial charge in [0.25, 0.3) is 0 Å². The van der Waals surface area contributed by atoms with Crippen molar-refractivity contribution < 1.29 is 14.3 Å². The highest BCUT2D eigenvalue weighted by Gasteiger charge is 2.14. The Kier molecular flexibility index (Phi) is 5.21. The Hall–Kier alpha value is -3.34. The number of carbonyl (C=O) groups excluding carboxylic acids is 2. The average Bonchev–Trinajstić information content (AvgIpc) is 2.74. The molecule has 5 heteroatoms. The number of amides is 2. The fourth-order valence-corrected chi connectivity index (χ4v) is 3.66. The zero-order chi connectivity index (χ0) is 20.4. The van der Waals surface area contributed by atoms with Crippen molar-refractivity contribution in [3.05, 3.63) is 54.6 Å². The molecule has 0 aliphatic carbocycles. The van der Waals surface area contributed by atoms with E-state index in [4.69, 9.17) is 4.74 Å². The summed E-state index contributed by atoms with van der Waals surface area (Å²) in [6.07, 6.45) is 0.737. The summed E-state index contributed by atoms with van der Waals surface area (Å²) >= 11 is 0. The Morgan fingerprint density at radius 1 is 0.966 bits per heavy atom. The minimum atomic E-state index is -0.320. The summed E-state index contributed by atoms with van der Waals surface area (Å²) in [5.74, 6) is -0.361. The Balaban J connectivity index is 1.52. The lowest BCUT2D eigenvalue weighted by Gasteiger charge is -2.15. The van der Waals surface area contributed by atoms with Crippen molar-refractivity contribution in [3.63, 3.8) is 0 Å². The molecule has 0 heterocycles. The summed E-state index contributed by atoms with van der Waals surface area (Å²) in [4.78, 5) is 24.1. The molecule has 2 amide bonds. The van der Waals surface area contributed by atoms with Crippen molar-refractivity contribution in [2.24, 2.45) is 5.92 Å². The molecule has 0 saturated heterocycles. The number of benzene rings is 4. The first-order chi connectivity index (χ1) is 14.1. The van der Waals surface area contributed by atoms with Gasteiger partial charge in [-0.15, -0.1) is 0 Å². The van der Waals surface area contributed by atoms with Crippen LogP contribution in [0.25, 0.3) is 32.3 Å². The van der Waals surface area contributed by atoms with Gasteiger partial charge in [0.1, 0.15) is 6.61 Å². The molecular weight excluding hydrogens is 364 g/mol. The molecule has 148 valence electrons. The topological polar surface area (TPSA) is 67.4 Å². The van der Waals surface area contributed by atoms with Crippen LogP contribution in [0.15, 0.2) is 54.6 Å². The highest BCUT2D eigenvalue weighted by atomic mass is 16.5. The molecule has 2 N–H and O–H groups in total. The first kappa shape index (κ1) is 19.0. The Morgan fingerprint density at radius 2 is 1.66 bits per heavy atom. The second-order valence-electron chi connectivity index (χ2n) is 7.33. The van der Waals surface area contributed by atoms with Gasteiger partial charge in [-0.25, -0.2) is 4.79 Å². The van der Waals surface area contributed by atoms with Crippen LogP contribution < -0.4 is 10.6 Å². The highest BCUT2D eigenvalue weighted by molar-refractivity contribution is 6.26. The summed E-state index contributed by atoms with van der Waals surface area (Å²) in [7, 11) is 0. The van der Waals surface area contributed by atoms with Gasteiger partial charge in [0, 0.05) is 5.39 Å². The molecule has 29 heavy (non-hydrogen) atoms. The van der Waals surface area contributed by atoms with Crippen LogP contribution in [0.3, 0.4) is 0 Å². The first-order valence-electron chi connectivity index (χ1n) is 9.96. The molecule has 0 saturated carbocycles. The summed E-state index contributed by atoms with van der Waals surface area (Å²) in [6.45, 7) is 4.19. The normalized spacial score (nSPS) is 12.3. The lowest BCUT2D eigenvalue weighted by molar-refractivity contribution is -0.147. The molecule has 0 aliphatic rings. The van der Waals surface area contributed by atoms with Crippen LogP contribution in [0.5, 0.6) is 0 Å². The minimum absolute atomic E-state index is 0.125. The summed E-state index contributed by atoms with van der Waals surface area (Å²) in [5.41, 5.74) is 0.760. The van der Waals surface area contributed by atoms with Crippen LogP contribution in [-0.4, -0.2) is 25.2 Å². The maximum absolute atomic E-state index is 12.4. The average molecular weight is 388 g/mol. The van der Waals surface area contributed by atoms with Crippen LogP contribution in [-0.2, 0) is 9.53 Å². The third-order valence-corrected chi connectivity index (χ3v) is 5.40. The fourth-order valence-electron chi connectivity index (χ4n) is 3.66. The highest BCUT2D eigenvalue weighted by Crippen LogP contribution is 2.38. The third kappa shape index (κ3) is 3.68. The van der Waals surface area contributed by atoms with E-state index in [0.717, 1.165) is 33.7 Å². The van der Waals surface area contributed by atoms with Crippen molar-refractivity contribution in [2.45, 2.75) is 20.3 Å². The van der Waals surface area contributed by atoms with Gasteiger partial charge in [0.15, 0.2) is 0 Å². The standard InChI is InChI=1S/C24H24N2O3/c1-3-15(2)23(27)29-13-12-25-24(28)26-20-14-18-8-4-6-16-10-11-17-7-5-9-19(20)22(17)21(16)18/h4-11,14-15H,3,12-13H2,1-2H3,(H2,25,26,28). The number of hydrogen-bond donors (Lipinski definition) is 2. The van der Waals surface area contributed by atoms with Crippen LogP contribution >= 0.6 is 0 Å². The van der Waals surface area contributed by atoms with E-state index in [-0.39, 0.29) is 31.1 Å². The van der Waals surface area contributed by atoms with E-state index in [2.05, 4.69) is 41.0 Å². The maximum Gasteiger partial charge on any atom is 0.319 e. The molecule has 0 fully saturated rings. The molecule has 5 nitrogen and oxygen atoms in total. The van der Waals surface area contributed by atoms with Crippen LogP contribution in [0.1, 0.15) is 20.3 Å². The Morgan fingerprint density at radius 3 is 2.41 bits per heavy atom. The van der Waals surface area contributed by atoms with Gasteiger partial charge >= 0.3 is 12.0 Å².